The number of ether oxygens (including phenoxy) is 1. The summed E-state index contributed by atoms with van der Waals surface area (Å²) in [5.74, 6) is -6.18. The largest absolute Gasteiger partial charge is 0.480 e. The van der Waals surface area contributed by atoms with Crippen molar-refractivity contribution in [2.45, 2.75) is 4.90 Å². The van der Waals surface area contributed by atoms with E-state index in [0.717, 1.165) is 19.2 Å². The molecule has 10 nitrogen and oxygen atoms in total. The number of sulfonamides is 1. The van der Waals surface area contributed by atoms with E-state index in [-0.39, 0.29) is 17.6 Å². The number of aromatic nitrogens is 3. The first kappa shape index (κ1) is 25.4. The minimum absolute atomic E-state index is 0.0277. The van der Waals surface area contributed by atoms with Crippen molar-refractivity contribution < 1.29 is 35.5 Å². The van der Waals surface area contributed by atoms with E-state index < -0.39 is 72.3 Å². The summed E-state index contributed by atoms with van der Waals surface area (Å²) in [4.78, 5) is 14.9. The van der Waals surface area contributed by atoms with Gasteiger partial charge in [0.1, 0.15) is 29.4 Å². The van der Waals surface area contributed by atoms with Gasteiger partial charge in [0.25, 0.3) is 15.9 Å². The summed E-state index contributed by atoms with van der Waals surface area (Å²) in [5.41, 5.74) is -2.94. The predicted octanol–water partition coefficient (Wildman–Crippen LogP) is 3.24. The van der Waals surface area contributed by atoms with Crippen LogP contribution in [0.3, 0.4) is 0 Å². The van der Waals surface area contributed by atoms with Crippen molar-refractivity contribution in [3.8, 4) is 23.1 Å². The molecule has 0 spiro atoms. The number of amides is 1. The van der Waals surface area contributed by atoms with E-state index >= 15 is 8.78 Å². The minimum Gasteiger partial charge on any atom is -0.480 e. The highest BCUT2D eigenvalue weighted by Gasteiger charge is 2.27. The highest BCUT2D eigenvalue weighted by molar-refractivity contribution is 7.92. The van der Waals surface area contributed by atoms with E-state index in [2.05, 4.69) is 20.5 Å². The molecule has 3 N–H and O–H groups in total. The van der Waals surface area contributed by atoms with Gasteiger partial charge in [-0.2, -0.15) is 10.4 Å². The van der Waals surface area contributed by atoms with Crippen LogP contribution >= 0.6 is 0 Å². The van der Waals surface area contributed by atoms with Crippen molar-refractivity contribution in [3.63, 3.8) is 0 Å². The average Bonchev–Trinajstić information content (AvgIpc) is 3.31. The molecule has 4 rings (SSSR count). The number of halogens is 4. The van der Waals surface area contributed by atoms with Crippen LogP contribution in [0.1, 0.15) is 10.5 Å². The molecule has 0 fully saturated rings. The van der Waals surface area contributed by atoms with Crippen molar-refractivity contribution in [3.05, 3.63) is 65.5 Å². The second-order valence-electron chi connectivity index (χ2n) is 7.31. The molecular formula is C22H14F4N6O4S. The zero-order valence-corrected chi connectivity index (χ0v) is 19.4. The van der Waals surface area contributed by atoms with Crippen LogP contribution in [0.4, 0.5) is 23.2 Å². The van der Waals surface area contributed by atoms with Gasteiger partial charge < -0.3 is 10.1 Å². The number of hydrogen-bond acceptors (Lipinski definition) is 7. The molecule has 37 heavy (non-hydrogen) atoms. The summed E-state index contributed by atoms with van der Waals surface area (Å²) in [6.45, 7) is -0.323. The molecule has 0 saturated carbocycles. The minimum atomic E-state index is -4.69. The summed E-state index contributed by atoms with van der Waals surface area (Å²) in [5, 5.41) is 16.8. The average molecular weight is 534 g/mol. The van der Waals surface area contributed by atoms with Gasteiger partial charge in [-0.1, -0.05) is 6.07 Å². The van der Waals surface area contributed by atoms with Crippen LogP contribution in [0, 0.1) is 34.6 Å². The smallest absolute Gasteiger partial charge is 0.270 e. The number of nitrogens with zero attached hydrogens (tertiary/aromatic N) is 3. The number of nitrogens with one attached hydrogen (secondary N) is 3. The standard InChI is InChI=1S/C22H14F4N6O4S/c1-36-22-15(8-10(23)9-29-22)37(34,35)32-14-5-4-13(24)16(18(14)26)11-2-3-12-19(17(11)25)30-31-20(12)21(33)28-7-6-27/h2-5,8-9,32H,7H2,1H3,(H,28,33)(H,30,31). The van der Waals surface area contributed by atoms with E-state index in [0.29, 0.717) is 18.3 Å². The fourth-order valence-electron chi connectivity index (χ4n) is 3.45. The van der Waals surface area contributed by atoms with Crippen LogP contribution in [0.2, 0.25) is 0 Å². The molecule has 0 atom stereocenters. The summed E-state index contributed by atoms with van der Waals surface area (Å²) in [7, 11) is -3.60. The van der Waals surface area contributed by atoms with Gasteiger partial charge in [-0.15, -0.1) is 0 Å². The van der Waals surface area contributed by atoms with E-state index in [9.17, 15) is 22.0 Å². The van der Waals surface area contributed by atoms with Crippen LogP contribution in [0.15, 0.2) is 41.4 Å². The third kappa shape index (κ3) is 4.61. The lowest BCUT2D eigenvalue weighted by Crippen LogP contribution is -2.24. The topological polar surface area (TPSA) is 150 Å². The quantitative estimate of drug-likeness (QED) is 0.243. The maximum Gasteiger partial charge on any atom is 0.270 e. The lowest BCUT2D eigenvalue weighted by molar-refractivity contribution is 0.0955. The fraction of sp³-hybridized carbons (Fsp3) is 0.0909. The lowest BCUT2D eigenvalue weighted by atomic mass is 10.0. The summed E-state index contributed by atoms with van der Waals surface area (Å²) >= 11 is 0. The second kappa shape index (κ2) is 9.74. The Morgan fingerprint density at radius 1 is 1.16 bits per heavy atom. The Balaban J connectivity index is 1.78. The lowest BCUT2D eigenvalue weighted by Gasteiger charge is -2.14. The van der Waals surface area contributed by atoms with Crippen molar-refractivity contribution in [1.82, 2.24) is 20.5 Å². The number of anilines is 1. The monoisotopic (exact) mass is 534 g/mol. The number of hydrogen-bond donors (Lipinski definition) is 3. The van der Waals surface area contributed by atoms with Crippen molar-refractivity contribution in [1.29, 1.82) is 5.26 Å². The first-order chi connectivity index (χ1) is 17.6. The Morgan fingerprint density at radius 2 is 1.92 bits per heavy atom. The third-order valence-corrected chi connectivity index (χ3v) is 6.45. The number of nitriles is 1. The molecule has 0 bridgehead atoms. The van der Waals surface area contributed by atoms with Gasteiger partial charge in [-0.25, -0.2) is 31.0 Å². The molecule has 0 radical (unpaired) electrons. The molecule has 0 aliphatic heterocycles. The van der Waals surface area contributed by atoms with Crippen molar-refractivity contribution in [2.24, 2.45) is 0 Å². The molecular weight excluding hydrogens is 520 g/mol. The number of benzene rings is 2. The van der Waals surface area contributed by atoms with Crippen LogP contribution in [-0.2, 0) is 10.0 Å². The Hall–Kier alpha value is -4.71. The number of pyridine rings is 1. The molecule has 2 heterocycles. The highest BCUT2D eigenvalue weighted by atomic mass is 32.2. The van der Waals surface area contributed by atoms with Gasteiger partial charge in [-0.05, 0) is 18.2 Å². The van der Waals surface area contributed by atoms with E-state index in [1.165, 1.54) is 6.07 Å². The van der Waals surface area contributed by atoms with Crippen LogP contribution < -0.4 is 14.8 Å². The summed E-state index contributed by atoms with van der Waals surface area (Å²) < 4.78 is 91.3. The highest BCUT2D eigenvalue weighted by Crippen LogP contribution is 2.36. The Morgan fingerprint density at radius 3 is 2.62 bits per heavy atom. The van der Waals surface area contributed by atoms with E-state index in [1.54, 1.807) is 6.07 Å². The van der Waals surface area contributed by atoms with Gasteiger partial charge in [0.15, 0.2) is 16.5 Å². The molecule has 190 valence electrons. The van der Waals surface area contributed by atoms with Crippen molar-refractivity contribution >= 4 is 32.5 Å². The molecule has 0 aliphatic rings. The number of rotatable bonds is 7. The first-order valence-electron chi connectivity index (χ1n) is 10.1. The number of H-pyrrole nitrogens is 1. The van der Waals surface area contributed by atoms with Gasteiger partial charge in [0.2, 0.25) is 5.88 Å². The Bertz CT molecular complexity index is 1700. The Kier molecular flexibility index (Phi) is 6.68. The molecule has 15 heteroatoms. The maximum atomic E-state index is 15.4. The predicted molar refractivity (Wildman–Crippen MR) is 121 cm³/mol. The van der Waals surface area contributed by atoms with Crippen LogP contribution in [-0.4, -0.2) is 43.2 Å². The molecule has 4 aromatic rings. The fourth-order valence-corrected chi connectivity index (χ4v) is 4.64. The molecule has 1 amide bonds. The number of carbonyl (C=O) groups is 1. The number of carbonyl (C=O) groups excluding carboxylic acids is 1. The normalized spacial score (nSPS) is 11.2. The molecule has 0 aliphatic carbocycles. The number of fused-ring (bicyclic) bond motifs is 1. The Labute approximate surface area is 205 Å². The molecule has 0 saturated heterocycles. The SMILES string of the molecule is COc1ncc(F)cc1S(=O)(=O)Nc1ccc(F)c(-c2ccc3c(C(=O)NCC#N)[nH]nc3c2F)c1F. The summed E-state index contributed by atoms with van der Waals surface area (Å²) in [6.07, 6.45) is 0.709. The second-order valence-corrected chi connectivity index (χ2v) is 8.96. The van der Waals surface area contributed by atoms with Crippen molar-refractivity contribution in [2.75, 3.05) is 18.4 Å². The number of methoxy groups -OCH3 is 1. The van der Waals surface area contributed by atoms with Gasteiger partial charge in [0.05, 0.1) is 30.6 Å². The molecule has 2 aromatic carbocycles. The zero-order chi connectivity index (χ0) is 26.9. The van der Waals surface area contributed by atoms with Gasteiger partial charge in [-0.3, -0.25) is 14.6 Å². The van der Waals surface area contributed by atoms with Crippen LogP contribution in [0.5, 0.6) is 5.88 Å². The first-order valence-corrected chi connectivity index (χ1v) is 11.6. The number of aromatic amines is 1. The van der Waals surface area contributed by atoms with Gasteiger partial charge >= 0.3 is 0 Å². The zero-order valence-electron chi connectivity index (χ0n) is 18.6. The van der Waals surface area contributed by atoms with Gasteiger partial charge in [0, 0.05) is 17.0 Å². The molecule has 0 unspecified atom stereocenters. The summed E-state index contributed by atoms with van der Waals surface area (Å²) in [6, 6.07) is 5.91. The molecule has 2 aromatic heterocycles. The maximum absolute atomic E-state index is 15.4. The van der Waals surface area contributed by atoms with E-state index in [4.69, 9.17) is 10.00 Å². The van der Waals surface area contributed by atoms with E-state index in [1.807, 2.05) is 4.72 Å². The van der Waals surface area contributed by atoms with Crippen LogP contribution in [0.25, 0.3) is 22.0 Å². The third-order valence-electron chi connectivity index (χ3n) is 5.09.